The number of carboxylic acid groups (broad SMARTS) is 2. The molecule has 4 nitrogen and oxygen atoms in total. The van der Waals surface area contributed by atoms with Crippen LogP contribution in [0.25, 0.3) is 0 Å². The first-order valence-corrected chi connectivity index (χ1v) is 6.59. The van der Waals surface area contributed by atoms with Gasteiger partial charge in [-0.15, -0.1) is 0 Å². The Morgan fingerprint density at radius 1 is 0.950 bits per heavy atom. The molecule has 4 heteroatoms. The second-order valence-corrected chi connectivity index (χ2v) is 5.18. The van der Waals surface area contributed by atoms with E-state index in [1.165, 1.54) is 0 Å². The van der Waals surface area contributed by atoms with Crippen LogP contribution in [-0.4, -0.2) is 22.2 Å². The molecule has 20 heavy (non-hydrogen) atoms. The Labute approximate surface area is 118 Å². The highest BCUT2D eigenvalue weighted by Crippen LogP contribution is 2.25. The molecule has 0 spiro atoms. The van der Waals surface area contributed by atoms with Crippen molar-refractivity contribution in [2.45, 2.75) is 27.2 Å². The van der Waals surface area contributed by atoms with E-state index in [1.54, 1.807) is 20.8 Å². The summed E-state index contributed by atoms with van der Waals surface area (Å²) in [6, 6.07) is 9.47. The van der Waals surface area contributed by atoms with Gasteiger partial charge < -0.3 is 10.2 Å². The Morgan fingerprint density at radius 3 is 1.85 bits per heavy atom. The molecule has 1 atom stereocenters. The third kappa shape index (κ3) is 3.95. The predicted molar refractivity (Wildman–Crippen MR) is 76.4 cm³/mol. The summed E-state index contributed by atoms with van der Waals surface area (Å²) in [6.45, 7) is 5.14. The molecule has 0 saturated carbocycles. The van der Waals surface area contributed by atoms with Crippen molar-refractivity contribution in [3.8, 4) is 0 Å². The second-order valence-electron chi connectivity index (χ2n) is 5.18. The monoisotopic (exact) mass is 276 g/mol. The number of hydrogen-bond donors (Lipinski definition) is 2. The summed E-state index contributed by atoms with van der Waals surface area (Å²) < 4.78 is 0. The van der Waals surface area contributed by atoms with E-state index in [9.17, 15) is 19.8 Å². The summed E-state index contributed by atoms with van der Waals surface area (Å²) >= 11 is 0. The SMILES string of the molecule is CC(C)/C(C(=O)O)=C(\C(=O)O)C(C)Cc1ccccc1. The van der Waals surface area contributed by atoms with E-state index in [-0.39, 0.29) is 23.0 Å². The summed E-state index contributed by atoms with van der Waals surface area (Å²) in [5.74, 6) is -3.00. The number of carbonyl (C=O) groups is 2. The molecule has 0 amide bonds. The van der Waals surface area contributed by atoms with Gasteiger partial charge in [0.1, 0.15) is 0 Å². The lowest BCUT2D eigenvalue weighted by atomic mass is 9.86. The first-order chi connectivity index (χ1) is 9.34. The molecule has 2 N–H and O–H groups in total. The second kappa shape index (κ2) is 6.89. The van der Waals surface area contributed by atoms with Crippen molar-refractivity contribution in [3.63, 3.8) is 0 Å². The molecule has 0 heterocycles. The largest absolute Gasteiger partial charge is 0.478 e. The first kappa shape index (κ1) is 16.0. The predicted octanol–water partition coefficient (Wildman–Crippen LogP) is 2.99. The molecule has 1 unspecified atom stereocenters. The van der Waals surface area contributed by atoms with E-state index in [0.29, 0.717) is 6.42 Å². The zero-order valence-corrected chi connectivity index (χ0v) is 12.0. The van der Waals surface area contributed by atoms with Crippen LogP contribution in [0.15, 0.2) is 41.5 Å². The molecule has 1 aromatic carbocycles. The Bertz CT molecular complexity index is 515. The fraction of sp³-hybridized carbons (Fsp3) is 0.375. The quantitative estimate of drug-likeness (QED) is 0.783. The van der Waals surface area contributed by atoms with E-state index in [2.05, 4.69) is 0 Å². The van der Waals surface area contributed by atoms with E-state index in [1.807, 2.05) is 30.3 Å². The minimum Gasteiger partial charge on any atom is -0.478 e. The van der Waals surface area contributed by atoms with Crippen molar-refractivity contribution in [2.75, 3.05) is 0 Å². The number of aliphatic carboxylic acids is 2. The van der Waals surface area contributed by atoms with Gasteiger partial charge in [0.15, 0.2) is 0 Å². The molecule has 1 rings (SSSR count). The third-order valence-electron chi connectivity index (χ3n) is 3.21. The third-order valence-corrected chi connectivity index (χ3v) is 3.21. The van der Waals surface area contributed by atoms with Crippen molar-refractivity contribution < 1.29 is 19.8 Å². The van der Waals surface area contributed by atoms with Gasteiger partial charge >= 0.3 is 11.9 Å². The average molecular weight is 276 g/mol. The Kier molecular flexibility index (Phi) is 5.50. The maximum atomic E-state index is 11.5. The van der Waals surface area contributed by atoms with Crippen LogP contribution in [0.1, 0.15) is 26.3 Å². The van der Waals surface area contributed by atoms with Gasteiger partial charge in [0, 0.05) is 0 Å². The van der Waals surface area contributed by atoms with Crippen molar-refractivity contribution >= 4 is 11.9 Å². The highest BCUT2D eigenvalue weighted by molar-refractivity contribution is 5.99. The smallest absolute Gasteiger partial charge is 0.332 e. The number of benzene rings is 1. The molecule has 0 aliphatic carbocycles. The van der Waals surface area contributed by atoms with Crippen LogP contribution in [0.3, 0.4) is 0 Å². The van der Waals surface area contributed by atoms with Gasteiger partial charge in [0.05, 0.1) is 11.1 Å². The highest BCUT2D eigenvalue weighted by Gasteiger charge is 2.27. The molecule has 0 bridgehead atoms. The molecular formula is C16H20O4. The molecule has 0 radical (unpaired) electrons. The summed E-state index contributed by atoms with van der Waals surface area (Å²) in [5.41, 5.74) is 0.976. The van der Waals surface area contributed by atoms with Gasteiger partial charge in [-0.2, -0.15) is 0 Å². The molecular weight excluding hydrogens is 256 g/mol. The van der Waals surface area contributed by atoms with Crippen LogP contribution in [0.4, 0.5) is 0 Å². The summed E-state index contributed by atoms with van der Waals surface area (Å²) in [6.07, 6.45) is 0.506. The molecule has 0 fully saturated rings. The van der Waals surface area contributed by atoms with Gasteiger partial charge in [-0.3, -0.25) is 0 Å². The minimum absolute atomic E-state index is 0.00338. The Hall–Kier alpha value is -2.10. The normalized spacial score (nSPS) is 13.8. The number of rotatable bonds is 6. The maximum Gasteiger partial charge on any atom is 0.332 e. The molecule has 108 valence electrons. The maximum absolute atomic E-state index is 11.5. The standard InChI is InChI=1S/C16H20O4/c1-10(2)13(15(17)18)14(16(19)20)11(3)9-12-7-5-4-6-8-12/h4-8,10-11H,9H2,1-3H3,(H,17,18)(H,19,20)/b14-13+. The first-order valence-electron chi connectivity index (χ1n) is 6.59. The topological polar surface area (TPSA) is 74.6 Å². The number of carboxylic acids is 2. The molecule has 0 aromatic heterocycles. The number of hydrogen-bond acceptors (Lipinski definition) is 2. The molecule has 0 aliphatic rings. The van der Waals surface area contributed by atoms with Crippen LogP contribution < -0.4 is 0 Å². The fourth-order valence-corrected chi connectivity index (χ4v) is 2.33. The average Bonchev–Trinajstić information content (AvgIpc) is 2.35. The fourth-order valence-electron chi connectivity index (χ4n) is 2.33. The minimum atomic E-state index is -1.16. The van der Waals surface area contributed by atoms with Crippen molar-refractivity contribution in [1.82, 2.24) is 0 Å². The lowest BCUT2D eigenvalue weighted by molar-refractivity contribution is -0.136. The van der Waals surface area contributed by atoms with E-state index < -0.39 is 11.9 Å². The van der Waals surface area contributed by atoms with Crippen LogP contribution in [0, 0.1) is 11.8 Å². The van der Waals surface area contributed by atoms with Crippen LogP contribution in [0.2, 0.25) is 0 Å². The van der Waals surface area contributed by atoms with Gasteiger partial charge in [0.2, 0.25) is 0 Å². The van der Waals surface area contributed by atoms with E-state index >= 15 is 0 Å². The lowest BCUT2D eigenvalue weighted by Crippen LogP contribution is -2.21. The molecule has 0 aliphatic heterocycles. The van der Waals surface area contributed by atoms with Crippen molar-refractivity contribution in [3.05, 3.63) is 47.0 Å². The zero-order valence-electron chi connectivity index (χ0n) is 12.0. The van der Waals surface area contributed by atoms with Crippen LogP contribution in [-0.2, 0) is 16.0 Å². The Morgan fingerprint density at radius 2 is 1.45 bits per heavy atom. The lowest BCUT2D eigenvalue weighted by Gasteiger charge is -2.18. The van der Waals surface area contributed by atoms with E-state index in [4.69, 9.17) is 0 Å². The Balaban J connectivity index is 3.16. The van der Waals surface area contributed by atoms with Crippen LogP contribution >= 0.6 is 0 Å². The summed E-state index contributed by atoms with van der Waals surface area (Å²) in [5, 5.41) is 18.6. The van der Waals surface area contributed by atoms with Gasteiger partial charge in [-0.1, -0.05) is 51.1 Å². The zero-order chi connectivity index (χ0) is 15.3. The summed E-state index contributed by atoms with van der Waals surface area (Å²) in [7, 11) is 0. The van der Waals surface area contributed by atoms with Gasteiger partial charge in [-0.25, -0.2) is 9.59 Å². The van der Waals surface area contributed by atoms with Crippen molar-refractivity contribution in [2.24, 2.45) is 11.8 Å². The highest BCUT2D eigenvalue weighted by atomic mass is 16.4. The molecule has 1 aromatic rings. The van der Waals surface area contributed by atoms with Crippen LogP contribution in [0.5, 0.6) is 0 Å². The van der Waals surface area contributed by atoms with E-state index in [0.717, 1.165) is 5.56 Å². The van der Waals surface area contributed by atoms with Crippen molar-refractivity contribution in [1.29, 1.82) is 0 Å². The summed E-state index contributed by atoms with van der Waals surface area (Å²) in [4.78, 5) is 22.8. The van der Waals surface area contributed by atoms with Gasteiger partial charge in [-0.05, 0) is 23.8 Å². The van der Waals surface area contributed by atoms with Gasteiger partial charge in [0.25, 0.3) is 0 Å². The molecule has 0 saturated heterocycles.